The Morgan fingerprint density at radius 1 is 1.20 bits per heavy atom. The summed E-state index contributed by atoms with van der Waals surface area (Å²) in [6, 6.07) is 14.3. The number of aryl methyl sites for hydroxylation is 2. The molecule has 3 aromatic rings. The molecule has 6 heteroatoms. The van der Waals surface area contributed by atoms with Crippen molar-refractivity contribution >= 4 is 5.91 Å². The van der Waals surface area contributed by atoms with E-state index < -0.39 is 0 Å². The monoisotopic (exact) mass is 403 g/mol. The molecule has 0 unspecified atom stereocenters. The van der Waals surface area contributed by atoms with Crippen molar-refractivity contribution in [3.8, 4) is 11.5 Å². The van der Waals surface area contributed by atoms with Crippen molar-refractivity contribution in [1.29, 1.82) is 0 Å². The van der Waals surface area contributed by atoms with Crippen molar-refractivity contribution < 1.29 is 14.3 Å². The Morgan fingerprint density at radius 3 is 2.93 bits per heavy atom. The van der Waals surface area contributed by atoms with E-state index in [1.165, 1.54) is 11.1 Å². The Kier molecular flexibility index (Phi) is 4.91. The van der Waals surface area contributed by atoms with Gasteiger partial charge in [-0.2, -0.15) is 0 Å². The molecule has 0 radical (unpaired) electrons. The van der Waals surface area contributed by atoms with E-state index in [2.05, 4.69) is 29.2 Å². The van der Waals surface area contributed by atoms with Gasteiger partial charge in [0.2, 0.25) is 12.7 Å². The second-order valence-corrected chi connectivity index (χ2v) is 7.95. The summed E-state index contributed by atoms with van der Waals surface area (Å²) in [7, 11) is 1.97. The van der Waals surface area contributed by atoms with Crippen molar-refractivity contribution in [2.24, 2.45) is 7.05 Å². The summed E-state index contributed by atoms with van der Waals surface area (Å²) < 4.78 is 12.9. The fourth-order valence-electron chi connectivity index (χ4n) is 4.45. The highest BCUT2D eigenvalue weighted by Crippen LogP contribution is 2.36. The molecule has 30 heavy (non-hydrogen) atoms. The summed E-state index contributed by atoms with van der Waals surface area (Å²) in [6.45, 7) is 0.725. The summed E-state index contributed by atoms with van der Waals surface area (Å²) in [4.78, 5) is 20.1. The van der Waals surface area contributed by atoms with Gasteiger partial charge in [-0.05, 0) is 48.1 Å². The molecular weight excluding hydrogens is 378 g/mol. The number of hydrogen-bond donors (Lipinski definition) is 0. The molecule has 2 aromatic carbocycles. The van der Waals surface area contributed by atoms with Crippen molar-refractivity contribution in [2.45, 2.75) is 38.3 Å². The normalized spacial score (nSPS) is 16.9. The van der Waals surface area contributed by atoms with E-state index in [1.54, 1.807) is 6.20 Å². The number of imidazole rings is 1. The number of fused-ring (bicyclic) bond motifs is 2. The van der Waals surface area contributed by atoms with Crippen LogP contribution in [0.2, 0.25) is 0 Å². The van der Waals surface area contributed by atoms with E-state index in [1.807, 2.05) is 40.9 Å². The van der Waals surface area contributed by atoms with E-state index in [0.29, 0.717) is 18.7 Å². The van der Waals surface area contributed by atoms with Gasteiger partial charge in [0, 0.05) is 19.4 Å². The van der Waals surface area contributed by atoms with E-state index in [4.69, 9.17) is 9.47 Å². The first-order valence-electron chi connectivity index (χ1n) is 10.4. The molecule has 0 saturated heterocycles. The van der Waals surface area contributed by atoms with Crippen LogP contribution in [0.4, 0.5) is 0 Å². The molecule has 1 aliphatic heterocycles. The number of rotatable bonds is 5. The highest BCUT2D eigenvalue weighted by Gasteiger charge is 2.30. The van der Waals surface area contributed by atoms with Crippen LogP contribution in [0.1, 0.15) is 41.4 Å². The summed E-state index contributed by atoms with van der Waals surface area (Å²) in [5.41, 5.74) is 3.53. The summed E-state index contributed by atoms with van der Waals surface area (Å²) in [5, 5.41) is 0. The van der Waals surface area contributed by atoms with Gasteiger partial charge in [0.1, 0.15) is 5.82 Å². The van der Waals surface area contributed by atoms with Gasteiger partial charge in [-0.25, -0.2) is 4.98 Å². The smallest absolute Gasteiger partial charge is 0.231 e. The lowest BCUT2D eigenvalue weighted by Crippen LogP contribution is -2.38. The minimum absolute atomic E-state index is 0.0631. The molecule has 1 aromatic heterocycles. The zero-order valence-corrected chi connectivity index (χ0v) is 17.1. The highest BCUT2D eigenvalue weighted by atomic mass is 16.7. The highest BCUT2D eigenvalue weighted by molar-refractivity contribution is 5.79. The van der Waals surface area contributed by atoms with Crippen molar-refractivity contribution in [1.82, 2.24) is 14.5 Å². The van der Waals surface area contributed by atoms with E-state index >= 15 is 0 Å². The van der Waals surface area contributed by atoms with E-state index in [-0.39, 0.29) is 18.7 Å². The maximum absolute atomic E-state index is 13.6. The molecule has 1 aliphatic carbocycles. The first-order valence-corrected chi connectivity index (χ1v) is 10.4. The molecule has 0 spiro atoms. The number of amides is 1. The van der Waals surface area contributed by atoms with Gasteiger partial charge in [0.15, 0.2) is 11.5 Å². The van der Waals surface area contributed by atoms with Gasteiger partial charge in [0.05, 0.1) is 19.0 Å². The minimum atomic E-state index is 0.0631. The third-order valence-corrected chi connectivity index (χ3v) is 6.06. The predicted molar refractivity (Wildman–Crippen MR) is 112 cm³/mol. The summed E-state index contributed by atoms with van der Waals surface area (Å²) >= 11 is 0. The van der Waals surface area contributed by atoms with E-state index in [0.717, 1.165) is 36.4 Å². The van der Waals surface area contributed by atoms with Gasteiger partial charge < -0.3 is 18.9 Å². The second kappa shape index (κ2) is 7.86. The lowest BCUT2D eigenvalue weighted by Gasteiger charge is -2.36. The Hall–Kier alpha value is -3.28. The van der Waals surface area contributed by atoms with Gasteiger partial charge in [-0.1, -0.05) is 30.3 Å². The quantitative estimate of drug-likeness (QED) is 0.650. The van der Waals surface area contributed by atoms with Crippen LogP contribution in [0.5, 0.6) is 11.5 Å². The number of hydrogen-bond acceptors (Lipinski definition) is 4. The molecule has 2 heterocycles. The van der Waals surface area contributed by atoms with Crippen LogP contribution < -0.4 is 9.47 Å². The molecule has 154 valence electrons. The zero-order chi connectivity index (χ0) is 20.5. The van der Waals surface area contributed by atoms with Crippen LogP contribution in [-0.4, -0.2) is 27.2 Å². The first-order chi connectivity index (χ1) is 14.7. The molecule has 1 amide bonds. The van der Waals surface area contributed by atoms with Crippen LogP contribution in [0.25, 0.3) is 0 Å². The maximum atomic E-state index is 13.6. The molecular formula is C24H25N3O3. The number of benzene rings is 2. The molecule has 0 fully saturated rings. The molecule has 0 N–H and O–H groups in total. The molecule has 6 nitrogen and oxygen atoms in total. The molecule has 1 atom stereocenters. The largest absolute Gasteiger partial charge is 0.454 e. The van der Waals surface area contributed by atoms with Crippen molar-refractivity contribution in [3.63, 3.8) is 0 Å². The average molecular weight is 403 g/mol. The van der Waals surface area contributed by atoms with Gasteiger partial charge in [-0.3, -0.25) is 4.79 Å². The Balaban J connectivity index is 1.45. The van der Waals surface area contributed by atoms with Gasteiger partial charge in [-0.15, -0.1) is 0 Å². The van der Waals surface area contributed by atoms with Crippen LogP contribution in [0, 0.1) is 0 Å². The van der Waals surface area contributed by atoms with Gasteiger partial charge in [0.25, 0.3) is 0 Å². The van der Waals surface area contributed by atoms with Crippen LogP contribution in [-0.2, 0) is 31.2 Å². The molecule has 0 bridgehead atoms. The first kappa shape index (κ1) is 18.7. The molecule has 5 rings (SSSR count). The van der Waals surface area contributed by atoms with Crippen molar-refractivity contribution in [2.75, 3.05) is 6.79 Å². The number of nitrogens with zero attached hydrogens (tertiary/aromatic N) is 3. The number of carbonyl (C=O) groups excluding carboxylic acids is 1. The van der Waals surface area contributed by atoms with Gasteiger partial charge >= 0.3 is 0 Å². The van der Waals surface area contributed by atoms with Crippen molar-refractivity contribution in [3.05, 3.63) is 77.4 Å². The number of ether oxygens (including phenoxy) is 2. The average Bonchev–Trinajstić information content (AvgIpc) is 3.40. The zero-order valence-electron chi connectivity index (χ0n) is 17.1. The Bertz CT molecular complexity index is 1080. The lowest BCUT2D eigenvalue weighted by atomic mass is 9.86. The number of aromatic nitrogens is 2. The predicted octanol–water partition coefficient (Wildman–Crippen LogP) is 3.80. The fourth-order valence-corrected chi connectivity index (χ4v) is 4.45. The fraction of sp³-hybridized carbons (Fsp3) is 0.333. The lowest BCUT2D eigenvalue weighted by molar-refractivity contribution is -0.134. The molecule has 2 aliphatic rings. The van der Waals surface area contributed by atoms with Crippen LogP contribution >= 0.6 is 0 Å². The number of carbonyl (C=O) groups is 1. The topological polar surface area (TPSA) is 56.6 Å². The SMILES string of the molecule is Cn1ccnc1CN(C(=O)Cc1ccc2c(c1)OCO2)[C@@H]1CCCc2ccccc21. The Morgan fingerprint density at radius 2 is 2.07 bits per heavy atom. The third kappa shape index (κ3) is 3.54. The maximum Gasteiger partial charge on any atom is 0.231 e. The summed E-state index contributed by atoms with van der Waals surface area (Å²) in [5.74, 6) is 2.42. The standard InChI is InChI=1S/C24H25N3O3/c1-26-12-11-25-23(26)15-27(20-8-4-6-18-5-2-3-7-19(18)20)24(28)14-17-9-10-21-22(13-17)30-16-29-21/h2-3,5,7,9-13,20H,4,6,8,14-16H2,1H3/t20-/m1/s1. The minimum Gasteiger partial charge on any atom is -0.454 e. The Labute approximate surface area is 176 Å². The third-order valence-electron chi connectivity index (χ3n) is 6.06. The molecule has 0 saturated carbocycles. The van der Waals surface area contributed by atoms with Crippen LogP contribution in [0.15, 0.2) is 54.9 Å². The second-order valence-electron chi connectivity index (χ2n) is 7.95. The summed E-state index contributed by atoms with van der Waals surface area (Å²) in [6.07, 6.45) is 7.14. The van der Waals surface area contributed by atoms with Crippen LogP contribution in [0.3, 0.4) is 0 Å². The van der Waals surface area contributed by atoms with E-state index in [9.17, 15) is 4.79 Å².